The fourth-order valence-electron chi connectivity index (χ4n) is 4.14. The SMILES string of the molecule is CC1(c2ccc(F)cc2)NC(=O)N(CC(=O)Nc2ccccc2N2CCCCC2)C1=O. The van der Waals surface area contributed by atoms with E-state index in [4.69, 9.17) is 0 Å². The standard InChI is InChI=1S/C23H25FN4O3/c1-23(16-9-11-17(24)12-10-16)21(30)28(22(31)26-23)15-20(29)25-18-7-3-4-8-19(18)27-13-5-2-6-14-27/h3-4,7-12H,2,5-6,13-15H2,1H3,(H,25,29)(H,26,31). The van der Waals surface area contributed by atoms with E-state index in [-0.39, 0.29) is 0 Å². The van der Waals surface area contributed by atoms with Crippen LogP contribution in [0.1, 0.15) is 31.7 Å². The fourth-order valence-corrected chi connectivity index (χ4v) is 4.14. The Kier molecular flexibility index (Phi) is 5.63. The molecular weight excluding hydrogens is 399 g/mol. The highest BCUT2D eigenvalue weighted by Crippen LogP contribution is 2.30. The summed E-state index contributed by atoms with van der Waals surface area (Å²) in [6.45, 7) is 2.99. The van der Waals surface area contributed by atoms with Crippen LogP contribution in [0.15, 0.2) is 48.5 Å². The van der Waals surface area contributed by atoms with Gasteiger partial charge in [0.05, 0.1) is 11.4 Å². The Bertz CT molecular complexity index is 1000. The lowest BCUT2D eigenvalue weighted by molar-refractivity contribution is -0.133. The van der Waals surface area contributed by atoms with Crippen LogP contribution < -0.4 is 15.5 Å². The molecule has 2 aliphatic heterocycles. The molecule has 2 N–H and O–H groups in total. The maximum absolute atomic E-state index is 13.3. The molecule has 0 spiro atoms. The van der Waals surface area contributed by atoms with E-state index >= 15 is 0 Å². The molecule has 0 saturated carbocycles. The second kappa shape index (κ2) is 8.37. The van der Waals surface area contributed by atoms with Gasteiger partial charge in [-0.2, -0.15) is 0 Å². The minimum atomic E-state index is -1.35. The Morgan fingerprint density at radius 3 is 2.45 bits per heavy atom. The smallest absolute Gasteiger partial charge is 0.325 e. The Labute approximate surface area is 180 Å². The van der Waals surface area contributed by atoms with Crippen molar-refractivity contribution in [2.45, 2.75) is 31.7 Å². The van der Waals surface area contributed by atoms with Gasteiger partial charge in [-0.1, -0.05) is 24.3 Å². The van der Waals surface area contributed by atoms with E-state index in [1.165, 1.54) is 30.7 Å². The normalized spacial score (nSPS) is 21.2. The number of imide groups is 1. The maximum atomic E-state index is 13.3. The number of hydrogen-bond donors (Lipinski definition) is 2. The van der Waals surface area contributed by atoms with Gasteiger partial charge in [0.15, 0.2) is 0 Å². The minimum Gasteiger partial charge on any atom is -0.370 e. The Morgan fingerprint density at radius 2 is 1.74 bits per heavy atom. The number of halogens is 1. The summed E-state index contributed by atoms with van der Waals surface area (Å²) >= 11 is 0. The first-order chi connectivity index (χ1) is 14.9. The molecule has 0 radical (unpaired) electrons. The molecule has 2 aromatic rings. The second-order valence-corrected chi connectivity index (χ2v) is 8.07. The maximum Gasteiger partial charge on any atom is 0.325 e. The molecule has 1 unspecified atom stereocenters. The first-order valence-electron chi connectivity index (χ1n) is 10.4. The molecule has 31 heavy (non-hydrogen) atoms. The first kappa shape index (κ1) is 20.8. The van der Waals surface area contributed by atoms with Crippen LogP contribution in [0.5, 0.6) is 0 Å². The summed E-state index contributed by atoms with van der Waals surface area (Å²) in [6.07, 6.45) is 3.41. The number of rotatable bonds is 5. The van der Waals surface area contributed by atoms with E-state index in [1.54, 1.807) is 6.92 Å². The number of carbonyl (C=O) groups excluding carboxylic acids is 3. The summed E-state index contributed by atoms with van der Waals surface area (Å²) < 4.78 is 13.3. The molecule has 7 nitrogen and oxygen atoms in total. The van der Waals surface area contributed by atoms with Gasteiger partial charge in [0.1, 0.15) is 17.9 Å². The molecule has 0 aromatic heterocycles. The van der Waals surface area contributed by atoms with Crippen LogP contribution >= 0.6 is 0 Å². The van der Waals surface area contributed by atoms with Crippen molar-refractivity contribution in [2.75, 3.05) is 29.9 Å². The molecule has 8 heteroatoms. The van der Waals surface area contributed by atoms with Crippen molar-refractivity contribution in [3.63, 3.8) is 0 Å². The van der Waals surface area contributed by atoms with Gasteiger partial charge in [0.2, 0.25) is 5.91 Å². The highest BCUT2D eigenvalue weighted by molar-refractivity contribution is 6.10. The number of anilines is 2. The highest BCUT2D eigenvalue weighted by Gasteiger charge is 2.49. The number of hydrogen-bond acceptors (Lipinski definition) is 4. The Morgan fingerprint density at radius 1 is 1.06 bits per heavy atom. The molecule has 2 aromatic carbocycles. The second-order valence-electron chi connectivity index (χ2n) is 8.07. The van der Waals surface area contributed by atoms with Gasteiger partial charge in [0.25, 0.3) is 5.91 Å². The van der Waals surface area contributed by atoms with Crippen LogP contribution in [0.4, 0.5) is 20.6 Å². The number of nitrogens with zero attached hydrogens (tertiary/aromatic N) is 2. The number of benzene rings is 2. The van der Waals surface area contributed by atoms with Crippen molar-refractivity contribution < 1.29 is 18.8 Å². The third-order valence-electron chi connectivity index (χ3n) is 5.87. The molecule has 162 valence electrons. The molecule has 2 heterocycles. The summed E-state index contributed by atoms with van der Waals surface area (Å²) in [7, 11) is 0. The van der Waals surface area contributed by atoms with Crippen molar-refractivity contribution in [1.29, 1.82) is 0 Å². The number of nitrogens with one attached hydrogen (secondary N) is 2. The quantitative estimate of drug-likeness (QED) is 0.722. The first-order valence-corrected chi connectivity index (χ1v) is 10.4. The zero-order chi connectivity index (χ0) is 22.0. The number of carbonyl (C=O) groups is 3. The Balaban J connectivity index is 1.47. The van der Waals surface area contributed by atoms with Crippen molar-refractivity contribution in [2.24, 2.45) is 0 Å². The molecule has 2 saturated heterocycles. The van der Waals surface area contributed by atoms with Crippen molar-refractivity contribution in [3.05, 3.63) is 59.9 Å². The van der Waals surface area contributed by atoms with E-state index in [0.717, 1.165) is 36.5 Å². The minimum absolute atomic E-state index is 0.407. The molecular formula is C23H25FN4O3. The predicted octanol–water partition coefficient (Wildman–Crippen LogP) is 3.22. The van der Waals surface area contributed by atoms with Gasteiger partial charge in [-0.15, -0.1) is 0 Å². The van der Waals surface area contributed by atoms with E-state index in [9.17, 15) is 18.8 Å². The van der Waals surface area contributed by atoms with Gasteiger partial charge in [-0.3, -0.25) is 14.5 Å². The van der Waals surface area contributed by atoms with Crippen molar-refractivity contribution >= 4 is 29.2 Å². The van der Waals surface area contributed by atoms with Crippen LogP contribution in [-0.2, 0) is 15.1 Å². The summed E-state index contributed by atoms with van der Waals surface area (Å²) in [6, 6.07) is 12.2. The molecule has 4 rings (SSSR count). The van der Waals surface area contributed by atoms with Crippen LogP contribution in [0.3, 0.4) is 0 Å². The number of urea groups is 1. The fraction of sp³-hybridized carbons (Fsp3) is 0.348. The summed E-state index contributed by atoms with van der Waals surface area (Å²) in [5.41, 5.74) is 0.689. The third kappa shape index (κ3) is 4.10. The topological polar surface area (TPSA) is 81.8 Å². The number of piperidine rings is 1. The molecule has 2 fully saturated rings. The highest BCUT2D eigenvalue weighted by atomic mass is 19.1. The van der Waals surface area contributed by atoms with E-state index in [1.807, 2.05) is 24.3 Å². The lowest BCUT2D eigenvalue weighted by Crippen LogP contribution is -2.42. The zero-order valence-corrected chi connectivity index (χ0v) is 17.4. The summed E-state index contributed by atoms with van der Waals surface area (Å²) in [4.78, 5) is 41.3. The predicted molar refractivity (Wildman–Crippen MR) is 115 cm³/mol. The molecule has 1 atom stereocenters. The van der Waals surface area contributed by atoms with Gasteiger partial charge in [-0.05, 0) is 56.0 Å². The van der Waals surface area contributed by atoms with Gasteiger partial charge >= 0.3 is 6.03 Å². The summed E-state index contributed by atoms with van der Waals surface area (Å²) in [5.74, 6) is -1.45. The lowest BCUT2D eigenvalue weighted by Gasteiger charge is -2.30. The van der Waals surface area contributed by atoms with Gasteiger partial charge in [0, 0.05) is 13.1 Å². The molecule has 2 aliphatic rings. The van der Waals surface area contributed by atoms with Crippen LogP contribution in [-0.4, -0.2) is 42.4 Å². The third-order valence-corrected chi connectivity index (χ3v) is 5.87. The average molecular weight is 424 g/mol. The van der Waals surface area contributed by atoms with Gasteiger partial charge in [-0.25, -0.2) is 9.18 Å². The number of amides is 4. The zero-order valence-electron chi connectivity index (χ0n) is 17.4. The van der Waals surface area contributed by atoms with E-state index in [2.05, 4.69) is 15.5 Å². The van der Waals surface area contributed by atoms with Crippen LogP contribution in [0.25, 0.3) is 0 Å². The molecule has 0 aliphatic carbocycles. The molecule has 4 amide bonds. The average Bonchev–Trinajstić information content (AvgIpc) is 2.99. The molecule has 0 bridgehead atoms. The largest absolute Gasteiger partial charge is 0.370 e. The van der Waals surface area contributed by atoms with Crippen LogP contribution in [0, 0.1) is 5.82 Å². The van der Waals surface area contributed by atoms with Crippen LogP contribution in [0.2, 0.25) is 0 Å². The van der Waals surface area contributed by atoms with E-state index < -0.39 is 35.7 Å². The number of para-hydroxylation sites is 2. The van der Waals surface area contributed by atoms with Gasteiger partial charge < -0.3 is 15.5 Å². The lowest BCUT2D eigenvalue weighted by atomic mass is 9.92. The van der Waals surface area contributed by atoms with Crippen molar-refractivity contribution in [3.8, 4) is 0 Å². The Hall–Kier alpha value is -3.42. The van der Waals surface area contributed by atoms with E-state index in [0.29, 0.717) is 11.3 Å². The monoisotopic (exact) mass is 424 g/mol. The summed E-state index contributed by atoms with van der Waals surface area (Å²) in [5, 5.41) is 5.47. The van der Waals surface area contributed by atoms with Crippen molar-refractivity contribution in [1.82, 2.24) is 10.2 Å².